The molecule has 0 N–H and O–H groups in total. The van der Waals surface area contributed by atoms with Crippen molar-refractivity contribution in [1.82, 2.24) is 19.7 Å². The summed E-state index contributed by atoms with van der Waals surface area (Å²) >= 11 is 0. The second-order valence-electron chi connectivity index (χ2n) is 6.79. The van der Waals surface area contributed by atoms with Gasteiger partial charge in [-0.05, 0) is 23.3 Å². The van der Waals surface area contributed by atoms with Crippen LogP contribution in [-0.4, -0.2) is 53.0 Å². The van der Waals surface area contributed by atoms with Crippen LogP contribution in [0.5, 0.6) is 5.88 Å². The summed E-state index contributed by atoms with van der Waals surface area (Å²) in [5.41, 5.74) is 3.88. The highest BCUT2D eigenvalue weighted by molar-refractivity contribution is 5.46. The van der Waals surface area contributed by atoms with Crippen molar-refractivity contribution < 1.29 is 4.74 Å². The van der Waals surface area contributed by atoms with E-state index in [4.69, 9.17) is 4.74 Å². The van der Waals surface area contributed by atoms with Gasteiger partial charge in [-0.25, -0.2) is 4.98 Å². The molecule has 3 heterocycles. The molecular weight excluding hydrogens is 338 g/mol. The van der Waals surface area contributed by atoms with E-state index in [1.807, 2.05) is 35.4 Å². The Kier molecular flexibility index (Phi) is 5.34. The third-order valence-corrected chi connectivity index (χ3v) is 5.07. The Hall–Kier alpha value is -2.86. The fraction of sp³-hybridized carbons (Fsp3) is 0.333. The number of methoxy groups -OCH3 is 1. The van der Waals surface area contributed by atoms with Gasteiger partial charge in [-0.15, -0.1) is 0 Å². The van der Waals surface area contributed by atoms with Crippen LogP contribution in [0.25, 0.3) is 0 Å². The summed E-state index contributed by atoms with van der Waals surface area (Å²) < 4.78 is 7.12. The molecule has 0 atom stereocenters. The number of hydrogen-bond acceptors (Lipinski definition) is 5. The van der Waals surface area contributed by atoms with Crippen LogP contribution >= 0.6 is 0 Å². The summed E-state index contributed by atoms with van der Waals surface area (Å²) in [5, 5.41) is 4.34. The molecule has 0 saturated carbocycles. The van der Waals surface area contributed by atoms with Crippen molar-refractivity contribution in [3.8, 4) is 5.88 Å². The van der Waals surface area contributed by atoms with Gasteiger partial charge in [0.15, 0.2) is 0 Å². The minimum Gasteiger partial charge on any atom is -0.481 e. The van der Waals surface area contributed by atoms with Crippen LogP contribution in [0.3, 0.4) is 0 Å². The Bertz CT molecular complexity index is 839. The van der Waals surface area contributed by atoms with Crippen molar-refractivity contribution in [3.63, 3.8) is 0 Å². The third kappa shape index (κ3) is 4.28. The number of aromatic nitrogens is 3. The van der Waals surface area contributed by atoms with Gasteiger partial charge in [0.1, 0.15) is 0 Å². The topological polar surface area (TPSA) is 46.4 Å². The average Bonchev–Trinajstić information content (AvgIpc) is 3.23. The molecule has 6 nitrogen and oxygen atoms in total. The molecule has 1 aliphatic heterocycles. The number of pyridine rings is 1. The summed E-state index contributed by atoms with van der Waals surface area (Å²) in [5.74, 6) is 0.658. The maximum Gasteiger partial charge on any atom is 0.213 e. The third-order valence-electron chi connectivity index (χ3n) is 5.07. The van der Waals surface area contributed by atoms with E-state index in [0.29, 0.717) is 5.88 Å². The van der Waals surface area contributed by atoms with E-state index in [0.717, 1.165) is 45.0 Å². The number of ether oxygens (including phenoxy) is 1. The highest BCUT2D eigenvalue weighted by Gasteiger charge is 2.18. The molecule has 2 aromatic heterocycles. The molecule has 0 bridgehead atoms. The van der Waals surface area contributed by atoms with E-state index in [1.165, 1.54) is 11.1 Å². The first-order valence-corrected chi connectivity index (χ1v) is 9.33. The van der Waals surface area contributed by atoms with Gasteiger partial charge in [0.05, 0.1) is 25.5 Å². The largest absolute Gasteiger partial charge is 0.481 e. The monoisotopic (exact) mass is 363 g/mol. The predicted molar refractivity (Wildman–Crippen MR) is 106 cm³/mol. The lowest BCUT2D eigenvalue weighted by Crippen LogP contribution is -2.46. The Balaban J connectivity index is 1.36. The van der Waals surface area contributed by atoms with E-state index in [-0.39, 0.29) is 0 Å². The van der Waals surface area contributed by atoms with Crippen molar-refractivity contribution >= 4 is 5.69 Å². The zero-order chi connectivity index (χ0) is 18.5. The van der Waals surface area contributed by atoms with Gasteiger partial charge in [0, 0.05) is 51.2 Å². The van der Waals surface area contributed by atoms with Gasteiger partial charge in [-0.2, -0.15) is 5.10 Å². The van der Waals surface area contributed by atoms with Crippen LogP contribution < -0.4 is 9.64 Å². The molecule has 1 aromatic carbocycles. The van der Waals surface area contributed by atoms with E-state index < -0.39 is 0 Å². The molecule has 4 rings (SSSR count). The SMILES string of the molecule is COc1ccc(N2CCN(Cc3ccccc3Cn3cccn3)CC2)cn1. The smallest absolute Gasteiger partial charge is 0.213 e. The van der Waals surface area contributed by atoms with E-state index in [9.17, 15) is 0 Å². The number of anilines is 1. The van der Waals surface area contributed by atoms with Crippen LogP contribution in [0.15, 0.2) is 61.1 Å². The Morgan fingerprint density at radius 3 is 2.33 bits per heavy atom. The Morgan fingerprint density at radius 2 is 1.70 bits per heavy atom. The minimum absolute atomic E-state index is 0.658. The minimum atomic E-state index is 0.658. The van der Waals surface area contributed by atoms with Gasteiger partial charge in [-0.1, -0.05) is 24.3 Å². The molecule has 1 saturated heterocycles. The van der Waals surface area contributed by atoms with Crippen LogP contribution in [0.1, 0.15) is 11.1 Å². The quantitative estimate of drug-likeness (QED) is 0.674. The summed E-state index contributed by atoms with van der Waals surface area (Å²) in [7, 11) is 1.64. The summed E-state index contributed by atoms with van der Waals surface area (Å²) in [4.78, 5) is 9.23. The lowest BCUT2D eigenvalue weighted by molar-refractivity contribution is 0.249. The van der Waals surface area contributed by atoms with Crippen LogP contribution in [-0.2, 0) is 13.1 Å². The van der Waals surface area contributed by atoms with Gasteiger partial charge in [-0.3, -0.25) is 9.58 Å². The van der Waals surface area contributed by atoms with Gasteiger partial charge < -0.3 is 9.64 Å². The fourth-order valence-electron chi connectivity index (χ4n) is 3.52. The highest BCUT2D eigenvalue weighted by atomic mass is 16.5. The number of hydrogen-bond donors (Lipinski definition) is 0. The first-order valence-electron chi connectivity index (χ1n) is 9.33. The second kappa shape index (κ2) is 8.22. The molecule has 0 unspecified atom stereocenters. The zero-order valence-corrected chi connectivity index (χ0v) is 15.7. The molecule has 6 heteroatoms. The van der Waals surface area contributed by atoms with E-state index >= 15 is 0 Å². The number of rotatable bonds is 6. The molecule has 140 valence electrons. The molecule has 27 heavy (non-hydrogen) atoms. The van der Waals surface area contributed by atoms with Crippen LogP contribution in [0.2, 0.25) is 0 Å². The molecule has 3 aromatic rings. The summed E-state index contributed by atoms with van der Waals surface area (Å²) in [6, 6.07) is 14.6. The maximum absolute atomic E-state index is 5.14. The normalized spacial score (nSPS) is 15.1. The number of piperazine rings is 1. The van der Waals surface area contributed by atoms with Crippen molar-refractivity contribution in [2.75, 3.05) is 38.2 Å². The van der Waals surface area contributed by atoms with Crippen molar-refractivity contribution in [1.29, 1.82) is 0 Å². The van der Waals surface area contributed by atoms with Gasteiger partial charge in [0.2, 0.25) is 5.88 Å². The van der Waals surface area contributed by atoms with Crippen molar-refractivity contribution in [2.45, 2.75) is 13.1 Å². The number of nitrogens with zero attached hydrogens (tertiary/aromatic N) is 5. The highest BCUT2D eigenvalue weighted by Crippen LogP contribution is 2.20. The van der Waals surface area contributed by atoms with Crippen molar-refractivity contribution in [3.05, 3.63) is 72.2 Å². The molecule has 0 amide bonds. The standard InChI is InChI=1S/C21H25N5O/c1-27-21-8-7-20(15-22-21)25-13-11-24(12-14-25)16-18-5-2-3-6-19(18)17-26-10-4-9-23-26/h2-10,15H,11-14,16-17H2,1H3. The molecular formula is C21H25N5O. The van der Waals surface area contributed by atoms with E-state index in [1.54, 1.807) is 7.11 Å². The molecule has 1 aliphatic rings. The Labute approximate surface area is 160 Å². The molecule has 0 aliphatic carbocycles. The van der Waals surface area contributed by atoms with Crippen LogP contribution in [0.4, 0.5) is 5.69 Å². The summed E-state index contributed by atoms with van der Waals surface area (Å²) in [6.45, 7) is 5.90. The molecule has 1 fully saturated rings. The number of benzene rings is 1. The van der Waals surface area contributed by atoms with E-state index in [2.05, 4.69) is 50.2 Å². The maximum atomic E-state index is 5.14. The van der Waals surface area contributed by atoms with Gasteiger partial charge in [0.25, 0.3) is 0 Å². The second-order valence-corrected chi connectivity index (χ2v) is 6.79. The average molecular weight is 363 g/mol. The first-order chi connectivity index (χ1) is 13.3. The zero-order valence-electron chi connectivity index (χ0n) is 15.7. The predicted octanol–water partition coefficient (Wildman–Crippen LogP) is 2.66. The lowest BCUT2D eigenvalue weighted by Gasteiger charge is -2.36. The van der Waals surface area contributed by atoms with Crippen molar-refractivity contribution in [2.24, 2.45) is 0 Å². The van der Waals surface area contributed by atoms with Crippen LogP contribution in [0, 0.1) is 0 Å². The lowest BCUT2D eigenvalue weighted by atomic mass is 10.1. The Morgan fingerprint density at radius 1 is 0.926 bits per heavy atom. The fourth-order valence-corrected chi connectivity index (χ4v) is 3.52. The first kappa shape index (κ1) is 17.5. The summed E-state index contributed by atoms with van der Waals surface area (Å²) in [6.07, 6.45) is 5.74. The molecule has 0 spiro atoms. The van der Waals surface area contributed by atoms with Gasteiger partial charge >= 0.3 is 0 Å². The molecule has 0 radical (unpaired) electrons.